The molecule has 0 bridgehead atoms. The van der Waals surface area contributed by atoms with Crippen LogP contribution in [0.2, 0.25) is 0 Å². The maximum absolute atomic E-state index is 11.5. The third-order valence-electron chi connectivity index (χ3n) is 4.67. The molecule has 1 heterocycles. The van der Waals surface area contributed by atoms with Crippen molar-refractivity contribution in [3.8, 4) is 0 Å². The highest BCUT2D eigenvalue weighted by Gasteiger charge is 2.39. The van der Waals surface area contributed by atoms with Crippen LogP contribution in [-0.4, -0.2) is 41.1 Å². The fourth-order valence-electron chi connectivity index (χ4n) is 3.46. The minimum absolute atomic E-state index is 0.206. The Morgan fingerprint density at radius 2 is 1.89 bits per heavy atom. The van der Waals surface area contributed by atoms with Crippen molar-refractivity contribution in [2.24, 2.45) is 11.1 Å². The average Bonchev–Trinajstić information content (AvgIpc) is 2.29. The summed E-state index contributed by atoms with van der Waals surface area (Å²) in [4.78, 5) is 13.8. The molecule has 4 nitrogen and oxygen atoms in total. The molecule has 2 fully saturated rings. The van der Waals surface area contributed by atoms with Gasteiger partial charge in [-0.2, -0.15) is 0 Å². The second kappa shape index (κ2) is 5.17. The van der Waals surface area contributed by atoms with Crippen molar-refractivity contribution in [1.29, 1.82) is 0 Å². The molecule has 0 aromatic carbocycles. The molecule has 1 saturated heterocycles. The first-order valence-corrected chi connectivity index (χ1v) is 7.18. The summed E-state index contributed by atoms with van der Waals surface area (Å²) >= 11 is 0. The highest BCUT2D eigenvalue weighted by Crippen LogP contribution is 2.33. The van der Waals surface area contributed by atoms with Gasteiger partial charge in [0.25, 0.3) is 0 Å². The number of hydrogen-bond donors (Lipinski definition) is 2. The SMILES string of the molecule is CC1(C(N)=O)CCCN(CC2(O)CCCCC2)C1. The van der Waals surface area contributed by atoms with E-state index in [0.29, 0.717) is 13.1 Å². The minimum Gasteiger partial charge on any atom is -0.389 e. The quantitative estimate of drug-likeness (QED) is 0.797. The lowest BCUT2D eigenvalue weighted by Gasteiger charge is -2.43. The Kier molecular flexibility index (Phi) is 3.97. The molecule has 1 aliphatic heterocycles. The van der Waals surface area contributed by atoms with E-state index in [2.05, 4.69) is 4.90 Å². The third-order valence-corrected chi connectivity index (χ3v) is 4.67. The first-order valence-electron chi connectivity index (χ1n) is 7.18. The predicted octanol–water partition coefficient (Wildman–Crippen LogP) is 1.27. The smallest absolute Gasteiger partial charge is 0.224 e. The van der Waals surface area contributed by atoms with Gasteiger partial charge in [-0.1, -0.05) is 19.3 Å². The lowest BCUT2D eigenvalue weighted by Crippen LogP contribution is -2.53. The molecule has 1 aliphatic carbocycles. The molecular weight excluding hydrogens is 228 g/mol. The summed E-state index contributed by atoms with van der Waals surface area (Å²) in [6, 6.07) is 0. The Labute approximate surface area is 110 Å². The van der Waals surface area contributed by atoms with Gasteiger partial charge in [-0.3, -0.25) is 9.69 Å². The molecule has 0 aromatic rings. The average molecular weight is 254 g/mol. The lowest BCUT2D eigenvalue weighted by atomic mass is 9.79. The molecule has 0 spiro atoms. The van der Waals surface area contributed by atoms with E-state index in [1.165, 1.54) is 6.42 Å². The van der Waals surface area contributed by atoms with Crippen LogP contribution in [-0.2, 0) is 4.79 Å². The van der Waals surface area contributed by atoms with E-state index in [9.17, 15) is 9.90 Å². The summed E-state index contributed by atoms with van der Waals surface area (Å²) in [6.07, 6.45) is 7.15. The van der Waals surface area contributed by atoms with Gasteiger partial charge in [0.05, 0.1) is 11.0 Å². The van der Waals surface area contributed by atoms with Crippen molar-refractivity contribution in [3.05, 3.63) is 0 Å². The summed E-state index contributed by atoms with van der Waals surface area (Å²) in [6.45, 7) is 4.33. The summed E-state index contributed by atoms with van der Waals surface area (Å²) in [7, 11) is 0. The van der Waals surface area contributed by atoms with E-state index in [-0.39, 0.29) is 5.91 Å². The zero-order valence-electron chi connectivity index (χ0n) is 11.5. The molecule has 0 radical (unpaired) electrons. The van der Waals surface area contributed by atoms with Gasteiger partial charge in [0, 0.05) is 13.1 Å². The molecule has 2 aliphatic rings. The van der Waals surface area contributed by atoms with Crippen molar-refractivity contribution in [2.75, 3.05) is 19.6 Å². The van der Waals surface area contributed by atoms with E-state index >= 15 is 0 Å². The van der Waals surface area contributed by atoms with Crippen LogP contribution in [0, 0.1) is 5.41 Å². The monoisotopic (exact) mass is 254 g/mol. The molecule has 4 heteroatoms. The number of carbonyl (C=O) groups is 1. The van der Waals surface area contributed by atoms with Crippen LogP contribution in [0.1, 0.15) is 51.9 Å². The molecule has 0 aromatic heterocycles. The number of nitrogens with two attached hydrogens (primary N) is 1. The van der Waals surface area contributed by atoms with Crippen LogP contribution in [0.4, 0.5) is 0 Å². The van der Waals surface area contributed by atoms with E-state index < -0.39 is 11.0 Å². The van der Waals surface area contributed by atoms with Crippen LogP contribution in [0.15, 0.2) is 0 Å². The molecule has 18 heavy (non-hydrogen) atoms. The second-order valence-electron chi connectivity index (χ2n) is 6.52. The molecule has 2 rings (SSSR count). The van der Waals surface area contributed by atoms with Gasteiger partial charge >= 0.3 is 0 Å². The second-order valence-corrected chi connectivity index (χ2v) is 6.52. The van der Waals surface area contributed by atoms with Gasteiger partial charge in [0.15, 0.2) is 0 Å². The number of likely N-dealkylation sites (tertiary alicyclic amines) is 1. The molecule has 3 N–H and O–H groups in total. The van der Waals surface area contributed by atoms with Gasteiger partial charge in [-0.25, -0.2) is 0 Å². The number of aliphatic hydroxyl groups is 1. The number of piperidine rings is 1. The van der Waals surface area contributed by atoms with Crippen molar-refractivity contribution in [2.45, 2.75) is 57.5 Å². The molecular formula is C14H26N2O2. The lowest BCUT2D eigenvalue weighted by molar-refractivity contribution is -0.131. The molecule has 104 valence electrons. The maximum Gasteiger partial charge on any atom is 0.224 e. The van der Waals surface area contributed by atoms with E-state index in [1.54, 1.807) is 0 Å². The number of β-amino-alcohol motifs (C(OH)–C–C–N with tert-alkyl or cyclic N) is 1. The van der Waals surface area contributed by atoms with Crippen LogP contribution in [0.3, 0.4) is 0 Å². The Balaban J connectivity index is 1.95. The fraction of sp³-hybridized carbons (Fsp3) is 0.929. The predicted molar refractivity (Wildman–Crippen MR) is 71.0 cm³/mol. The summed E-state index contributed by atoms with van der Waals surface area (Å²) in [5.74, 6) is -0.206. The van der Waals surface area contributed by atoms with E-state index in [1.807, 2.05) is 6.92 Å². The fourth-order valence-corrected chi connectivity index (χ4v) is 3.46. The Bertz CT molecular complexity index is 313. The Morgan fingerprint density at radius 1 is 1.22 bits per heavy atom. The Morgan fingerprint density at radius 3 is 2.50 bits per heavy atom. The van der Waals surface area contributed by atoms with Crippen molar-refractivity contribution >= 4 is 5.91 Å². The highest BCUT2D eigenvalue weighted by molar-refractivity contribution is 5.80. The number of hydrogen-bond acceptors (Lipinski definition) is 3. The maximum atomic E-state index is 11.5. The van der Waals surface area contributed by atoms with E-state index in [0.717, 1.165) is 45.1 Å². The third kappa shape index (κ3) is 3.04. The highest BCUT2D eigenvalue weighted by atomic mass is 16.3. The summed E-state index contributed by atoms with van der Waals surface area (Å²) in [5.41, 5.74) is 4.55. The zero-order valence-corrected chi connectivity index (χ0v) is 11.5. The standard InChI is InChI=1S/C14H26N2O2/c1-13(12(15)17)6-5-9-16(10-13)11-14(18)7-3-2-4-8-14/h18H,2-11H2,1H3,(H2,15,17). The zero-order chi connectivity index (χ0) is 13.2. The molecule has 1 amide bonds. The largest absolute Gasteiger partial charge is 0.389 e. The van der Waals surface area contributed by atoms with Gasteiger partial charge < -0.3 is 10.8 Å². The van der Waals surface area contributed by atoms with Crippen LogP contribution in [0.5, 0.6) is 0 Å². The summed E-state index contributed by atoms with van der Waals surface area (Å²) < 4.78 is 0. The van der Waals surface area contributed by atoms with Gasteiger partial charge in [0.1, 0.15) is 0 Å². The topological polar surface area (TPSA) is 66.6 Å². The van der Waals surface area contributed by atoms with Crippen LogP contribution in [0.25, 0.3) is 0 Å². The normalized spacial score (nSPS) is 33.2. The molecule has 1 saturated carbocycles. The molecule has 1 atom stereocenters. The van der Waals surface area contributed by atoms with E-state index in [4.69, 9.17) is 5.73 Å². The van der Waals surface area contributed by atoms with Crippen LogP contribution >= 0.6 is 0 Å². The summed E-state index contributed by atoms with van der Waals surface area (Å²) in [5, 5.41) is 10.6. The van der Waals surface area contributed by atoms with Crippen molar-refractivity contribution in [1.82, 2.24) is 4.90 Å². The van der Waals surface area contributed by atoms with Gasteiger partial charge in [-0.15, -0.1) is 0 Å². The van der Waals surface area contributed by atoms with Crippen molar-refractivity contribution in [3.63, 3.8) is 0 Å². The van der Waals surface area contributed by atoms with Crippen LogP contribution < -0.4 is 5.73 Å². The van der Waals surface area contributed by atoms with Gasteiger partial charge in [-0.05, 0) is 39.2 Å². The van der Waals surface area contributed by atoms with Gasteiger partial charge in [0.2, 0.25) is 5.91 Å². The Hall–Kier alpha value is -0.610. The minimum atomic E-state index is -0.534. The first kappa shape index (κ1) is 13.8. The number of nitrogens with zero attached hydrogens (tertiary/aromatic N) is 1. The number of carbonyl (C=O) groups excluding carboxylic acids is 1. The molecule has 1 unspecified atom stereocenters. The van der Waals surface area contributed by atoms with Crippen molar-refractivity contribution < 1.29 is 9.90 Å². The number of amides is 1. The number of primary amides is 1. The number of rotatable bonds is 3. The first-order chi connectivity index (χ1) is 8.44.